The number of amides is 1. The van der Waals surface area contributed by atoms with Crippen LogP contribution in [0.5, 0.6) is 0 Å². The number of nitrogens with one attached hydrogen (secondary N) is 1. The lowest BCUT2D eigenvalue weighted by Gasteiger charge is -2.04. The van der Waals surface area contributed by atoms with Crippen LogP contribution in [0.1, 0.15) is 11.1 Å². The summed E-state index contributed by atoms with van der Waals surface area (Å²) in [6.07, 6.45) is 0. The van der Waals surface area contributed by atoms with Crippen molar-refractivity contribution in [2.24, 2.45) is 0 Å². The zero-order valence-electron chi connectivity index (χ0n) is 13.4. The molecule has 1 aromatic heterocycles. The van der Waals surface area contributed by atoms with E-state index in [4.69, 9.17) is 4.42 Å². The zero-order chi connectivity index (χ0) is 16.9. The molecule has 5 nitrogen and oxygen atoms in total. The molecule has 1 amide bonds. The smallest absolute Gasteiger partial charge is 0.277 e. The van der Waals surface area contributed by atoms with E-state index in [2.05, 4.69) is 15.5 Å². The van der Waals surface area contributed by atoms with Crippen LogP contribution in [0.25, 0.3) is 11.5 Å². The first-order valence-corrected chi connectivity index (χ1v) is 8.48. The van der Waals surface area contributed by atoms with Crippen LogP contribution >= 0.6 is 11.8 Å². The molecular weight excluding hydrogens is 322 g/mol. The van der Waals surface area contributed by atoms with Gasteiger partial charge in [-0.05, 0) is 38.1 Å². The number of carbonyl (C=O) groups excluding carboxylic acids is 1. The Morgan fingerprint density at radius 2 is 1.62 bits per heavy atom. The summed E-state index contributed by atoms with van der Waals surface area (Å²) in [7, 11) is 0. The summed E-state index contributed by atoms with van der Waals surface area (Å²) < 4.78 is 5.59. The summed E-state index contributed by atoms with van der Waals surface area (Å²) in [6, 6.07) is 15.5. The first-order chi connectivity index (χ1) is 11.6. The van der Waals surface area contributed by atoms with Crippen molar-refractivity contribution in [2.75, 3.05) is 11.1 Å². The van der Waals surface area contributed by atoms with E-state index in [1.807, 2.05) is 62.4 Å². The Morgan fingerprint density at radius 3 is 2.29 bits per heavy atom. The average Bonchev–Trinajstić information content (AvgIpc) is 3.05. The van der Waals surface area contributed by atoms with Gasteiger partial charge in [-0.2, -0.15) is 0 Å². The van der Waals surface area contributed by atoms with Crippen LogP contribution in [0.3, 0.4) is 0 Å². The highest BCUT2D eigenvalue weighted by atomic mass is 32.2. The lowest BCUT2D eigenvalue weighted by atomic mass is 10.1. The molecular formula is C18H17N3O2S. The summed E-state index contributed by atoms with van der Waals surface area (Å²) >= 11 is 1.22. The fourth-order valence-corrected chi connectivity index (χ4v) is 2.61. The van der Waals surface area contributed by atoms with Crippen LogP contribution in [0.2, 0.25) is 0 Å². The normalized spacial score (nSPS) is 10.6. The largest absolute Gasteiger partial charge is 0.411 e. The van der Waals surface area contributed by atoms with Crippen LogP contribution < -0.4 is 5.32 Å². The van der Waals surface area contributed by atoms with Crippen molar-refractivity contribution in [1.82, 2.24) is 10.2 Å². The van der Waals surface area contributed by atoms with Crippen LogP contribution in [-0.2, 0) is 4.79 Å². The molecule has 0 aliphatic heterocycles. The molecule has 0 saturated carbocycles. The molecule has 0 saturated heterocycles. The molecule has 1 heterocycles. The van der Waals surface area contributed by atoms with Crippen molar-refractivity contribution in [3.8, 4) is 11.5 Å². The Hall–Kier alpha value is -2.60. The molecule has 0 spiro atoms. The van der Waals surface area contributed by atoms with Crippen LogP contribution in [0.15, 0.2) is 58.2 Å². The minimum atomic E-state index is -0.112. The average molecular weight is 339 g/mol. The third kappa shape index (κ3) is 4.23. The van der Waals surface area contributed by atoms with Crippen molar-refractivity contribution >= 4 is 23.4 Å². The number of carbonyl (C=O) groups is 1. The first kappa shape index (κ1) is 16.3. The van der Waals surface area contributed by atoms with E-state index in [0.29, 0.717) is 11.1 Å². The third-order valence-corrected chi connectivity index (χ3v) is 4.19. The number of hydrogen-bond donors (Lipinski definition) is 1. The summed E-state index contributed by atoms with van der Waals surface area (Å²) in [4.78, 5) is 12.0. The van der Waals surface area contributed by atoms with Gasteiger partial charge in [0.25, 0.3) is 5.22 Å². The van der Waals surface area contributed by atoms with Gasteiger partial charge in [0, 0.05) is 11.3 Å². The van der Waals surface area contributed by atoms with Gasteiger partial charge in [0.2, 0.25) is 11.8 Å². The predicted octanol–water partition coefficient (Wildman–Crippen LogP) is 4.08. The Morgan fingerprint density at radius 1 is 1.00 bits per heavy atom. The maximum atomic E-state index is 12.0. The van der Waals surface area contributed by atoms with Gasteiger partial charge >= 0.3 is 0 Å². The first-order valence-electron chi connectivity index (χ1n) is 7.50. The van der Waals surface area contributed by atoms with Crippen molar-refractivity contribution in [3.63, 3.8) is 0 Å². The number of anilines is 1. The number of thioether (sulfide) groups is 1. The molecule has 24 heavy (non-hydrogen) atoms. The van der Waals surface area contributed by atoms with Gasteiger partial charge < -0.3 is 9.73 Å². The van der Waals surface area contributed by atoms with Gasteiger partial charge in [-0.25, -0.2) is 0 Å². The highest BCUT2D eigenvalue weighted by Crippen LogP contribution is 2.23. The predicted molar refractivity (Wildman–Crippen MR) is 95.0 cm³/mol. The molecule has 3 aromatic rings. The summed E-state index contributed by atoms with van der Waals surface area (Å²) in [6.45, 7) is 4.02. The lowest BCUT2D eigenvalue weighted by molar-refractivity contribution is -0.113. The van der Waals surface area contributed by atoms with Crippen LogP contribution in [0.4, 0.5) is 5.69 Å². The Kier molecular flexibility index (Phi) is 4.96. The van der Waals surface area contributed by atoms with E-state index in [9.17, 15) is 4.79 Å². The number of nitrogens with zero attached hydrogens (tertiary/aromatic N) is 2. The van der Waals surface area contributed by atoms with Crippen molar-refractivity contribution in [2.45, 2.75) is 19.1 Å². The standard InChI is InChI=1S/C18H17N3O2S/c1-12-3-7-14(8-4-12)17-20-21-18(23-17)24-11-16(22)19-15-9-5-13(2)6-10-15/h3-10H,11H2,1-2H3,(H,19,22). The number of benzene rings is 2. The molecule has 6 heteroatoms. The summed E-state index contributed by atoms with van der Waals surface area (Å²) in [5, 5.41) is 11.2. The summed E-state index contributed by atoms with van der Waals surface area (Å²) in [5.74, 6) is 0.555. The van der Waals surface area contributed by atoms with E-state index in [1.165, 1.54) is 17.3 Å². The molecule has 0 radical (unpaired) electrons. The maximum absolute atomic E-state index is 12.0. The SMILES string of the molecule is Cc1ccc(NC(=O)CSc2nnc(-c3ccc(C)cc3)o2)cc1. The van der Waals surface area contributed by atoms with E-state index >= 15 is 0 Å². The van der Waals surface area contributed by atoms with Gasteiger partial charge in [-0.3, -0.25) is 4.79 Å². The van der Waals surface area contributed by atoms with E-state index < -0.39 is 0 Å². The fraction of sp³-hybridized carbons (Fsp3) is 0.167. The van der Waals surface area contributed by atoms with Gasteiger partial charge in [0.15, 0.2) is 0 Å². The molecule has 1 N–H and O–H groups in total. The van der Waals surface area contributed by atoms with Gasteiger partial charge in [-0.15, -0.1) is 10.2 Å². The second-order valence-corrected chi connectivity index (χ2v) is 6.37. The quantitative estimate of drug-likeness (QED) is 0.709. The fourth-order valence-electron chi connectivity index (χ4n) is 2.04. The van der Waals surface area contributed by atoms with Crippen molar-refractivity contribution < 1.29 is 9.21 Å². The van der Waals surface area contributed by atoms with Crippen molar-refractivity contribution in [1.29, 1.82) is 0 Å². The molecule has 0 bridgehead atoms. The number of aromatic nitrogens is 2. The number of hydrogen-bond acceptors (Lipinski definition) is 5. The molecule has 0 atom stereocenters. The van der Waals surface area contributed by atoms with Gasteiger partial charge in [0.05, 0.1) is 5.75 Å². The highest BCUT2D eigenvalue weighted by Gasteiger charge is 2.11. The molecule has 0 aliphatic carbocycles. The molecule has 3 rings (SSSR count). The van der Waals surface area contributed by atoms with Gasteiger partial charge in [0.1, 0.15) is 0 Å². The van der Waals surface area contributed by atoms with Crippen molar-refractivity contribution in [3.05, 3.63) is 59.7 Å². The molecule has 0 aliphatic rings. The topological polar surface area (TPSA) is 68.0 Å². The molecule has 0 unspecified atom stereocenters. The second kappa shape index (κ2) is 7.31. The highest BCUT2D eigenvalue weighted by molar-refractivity contribution is 7.99. The minimum Gasteiger partial charge on any atom is -0.411 e. The van der Waals surface area contributed by atoms with E-state index in [0.717, 1.165) is 16.8 Å². The zero-order valence-corrected chi connectivity index (χ0v) is 14.3. The Labute approximate surface area is 144 Å². The maximum Gasteiger partial charge on any atom is 0.277 e. The lowest BCUT2D eigenvalue weighted by Crippen LogP contribution is -2.13. The van der Waals surface area contributed by atoms with E-state index in [-0.39, 0.29) is 11.7 Å². The third-order valence-electron chi connectivity index (χ3n) is 3.37. The number of aryl methyl sites for hydroxylation is 2. The Balaban J connectivity index is 1.56. The second-order valence-electron chi connectivity index (χ2n) is 5.44. The summed E-state index contributed by atoms with van der Waals surface area (Å²) in [5.41, 5.74) is 3.96. The number of rotatable bonds is 5. The van der Waals surface area contributed by atoms with Crippen LogP contribution in [0, 0.1) is 13.8 Å². The molecule has 2 aromatic carbocycles. The molecule has 122 valence electrons. The molecule has 0 fully saturated rings. The minimum absolute atomic E-state index is 0.112. The van der Waals surface area contributed by atoms with Gasteiger partial charge in [-0.1, -0.05) is 47.2 Å². The van der Waals surface area contributed by atoms with Crippen LogP contribution in [-0.4, -0.2) is 21.9 Å². The monoisotopic (exact) mass is 339 g/mol. The Bertz CT molecular complexity index is 826. The van der Waals surface area contributed by atoms with E-state index in [1.54, 1.807) is 0 Å².